The summed E-state index contributed by atoms with van der Waals surface area (Å²) >= 11 is 0. The van der Waals surface area contributed by atoms with Gasteiger partial charge in [-0.05, 0) is 30.5 Å². The van der Waals surface area contributed by atoms with Crippen LogP contribution in [0.5, 0.6) is 5.75 Å². The van der Waals surface area contributed by atoms with Gasteiger partial charge in [0.05, 0.1) is 7.11 Å². The van der Waals surface area contributed by atoms with Gasteiger partial charge >= 0.3 is 6.03 Å². The van der Waals surface area contributed by atoms with Crippen LogP contribution < -0.4 is 4.74 Å². The molecule has 1 saturated heterocycles. The van der Waals surface area contributed by atoms with Crippen molar-refractivity contribution in [3.8, 4) is 5.75 Å². The zero-order valence-electron chi connectivity index (χ0n) is 16.2. The van der Waals surface area contributed by atoms with E-state index in [2.05, 4.69) is 0 Å². The van der Waals surface area contributed by atoms with Gasteiger partial charge < -0.3 is 14.5 Å². The normalized spacial score (nSPS) is 18.9. The minimum absolute atomic E-state index is 0.212. The summed E-state index contributed by atoms with van der Waals surface area (Å²) in [5.74, 6) is 0.275. The van der Waals surface area contributed by atoms with Gasteiger partial charge in [0.1, 0.15) is 17.8 Å². The van der Waals surface area contributed by atoms with Gasteiger partial charge in [-0.25, -0.2) is 4.79 Å². The lowest BCUT2D eigenvalue weighted by atomic mass is 9.81. The summed E-state index contributed by atoms with van der Waals surface area (Å²) in [6.07, 6.45) is 4.31. The Morgan fingerprint density at radius 1 is 1.15 bits per heavy atom. The lowest BCUT2D eigenvalue weighted by Crippen LogP contribution is -2.49. The van der Waals surface area contributed by atoms with Crippen LogP contribution in [0.25, 0.3) is 0 Å². The predicted octanol–water partition coefficient (Wildman–Crippen LogP) is 2.25. The van der Waals surface area contributed by atoms with Gasteiger partial charge in [-0.1, -0.05) is 31.4 Å². The topological polar surface area (TPSA) is 70.2 Å². The van der Waals surface area contributed by atoms with Crippen molar-refractivity contribution in [3.63, 3.8) is 0 Å². The molecule has 1 saturated carbocycles. The van der Waals surface area contributed by atoms with Crippen LogP contribution in [0.1, 0.15) is 37.7 Å². The molecule has 1 aromatic rings. The number of amides is 4. The molecular weight excluding hydrogens is 346 g/mol. The summed E-state index contributed by atoms with van der Waals surface area (Å²) < 4.78 is 5.13. The molecule has 1 spiro atoms. The van der Waals surface area contributed by atoms with E-state index in [1.165, 1.54) is 4.90 Å². The first-order valence-corrected chi connectivity index (χ1v) is 9.36. The maximum absolute atomic E-state index is 13.0. The molecule has 7 heteroatoms. The van der Waals surface area contributed by atoms with Gasteiger partial charge in [-0.2, -0.15) is 0 Å². The van der Waals surface area contributed by atoms with Crippen LogP contribution in [0.3, 0.4) is 0 Å². The number of carbonyl (C=O) groups is 3. The molecule has 7 nitrogen and oxygen atoms in total. The van der Waals surface area contributed by atoms with E-state index in [1.54, 1.807) is 26.1 Å². The Balaban J connectivity index is 1.65. The van der Waals surface area contributed by atoms with E-state index in [0.29, 0.717) is 19.4 Å². The van der Waals surface area contributed by atoms with Gasteiger partial charge in [0.15, 0.2) is 0 Å². The van der Waals surface area contributed by atoms with Gasteiger partial charge in [0.25, 0.3) is 5.91 Å². The van der Waals surface area contributed by atoms with Crippen molar-refractivity contribution >= 4 is 17.8 Å². The molecule has 1 aliphatic carbocycles. The summed E-state index contributed by atoms with van der Waals surface area (Å²) in [6.45, 7) is 0.191. The first kappa shape index (κ1) is 19.2. The number of carbonyl (C=O) groups excluding carboxylic acids is 3. The fourth-order valence-corrected chi connectivity index (χ4v) is 4.02. The van der Waals surface area contributed by atoms with E-state index in [-0.39, 0.29) is 24.4 Å². The maximum Gasteiger partial charge on any atom is 0.327 e. The highest BCUT2D eigenvalue weighted by Crippen LogP contribution is 2.39. The van der Waals surface area contributed by atoms with Gasteiger partial charge in [0.2, 0.25) is 5.91 Å². The predicted molar refractivity (Wildman–Crippen MR) is 100 cm³/mol. The van der Waals surface area contributed by atoms with E-state index in [9.17, 15) is 14.4 Å². The van der Waals surface area contributed by atoms with E-state index in [0.717, 1.165) is 35.5 Å². The minimum atomic E-state index is -0.746. The van der Waals surface area contributed by atoms with Crippen molar-refractivity contribution in [3.05, 3.63) is 29.8 Å². The Kier molecular flexibility index (Phi) is 5.39. The molecular formula is C20H27N3O4. The van der Waals surface area contributed by atoms with Gasteiger partial charge in [0, 0.05) is 20.6 Å². The standard InChI is InChI=1S/C20H27N3O4/c1-21(13-15-7-9-16(27-3)10-8-15)17(24)14-23-18(25)20(22(2)19(23)26)11-5-4-6-12-20/h7-10H,4-6,11-14H2,1-3H3. The third kappa shape index (κ3) is 3.50. The number of nitrogens with zero attached hydrogens (tertiary/aromatic N) is 3. The zero-order chi connectivity index (χ0) is 19.6. The molecule has 0 aromatic heterocycles. The first-order valence-electron chi connectivity index (χ1n) is 9.36. The van der Waals surface area contributed by atoms with Crippen molar-refractivity contribution in [1.29, 1.82) is 0 Å². The zero-order valence-corrected chi connectivity index (χ0v) is 16.2. The minimum Gasteiger partial charge on any atom is -0.497 e. The quantitative estimate of drug-likeness (QED) is 0.743. The second-order valence-corrected chi connectivity index (χ2v) is 7.42. The van der Waals surface area contributed by atoms with E-state index >= 15 is 0 Å². The van der Waals surface area contributed by atoms with Crippen molar-refractivity contribution in [1.82, 2.24) is 14.7 Å². The molecule has 0 bridgehead atoms. The van der Waals surface area contributed by atoms with Crippen LogP contribution in [-0.2, 0) is 16.1 Å². The van der Waals surface area contributed by atoms with Crippen molar-refractivity contribution in [2.75, 3.05) is 27.7 Å². The third-order valence-electron chi connectivity index (χ3n) is 5.78. The molecule has 146 valence electrons. The molecule has 0 radical (unpaired) electrons. The fraction of sp³-hybridized carbons (Fsp3) is 0.550. The molecule has 1 aromatic carbocycles. The molecule has 4 amide bonds. The summed E-state index contributed by atoms with van der Waals surface area (Å²) in [4.78, 5) is 42.4. The molecule has 27 heavy (non-hydrogen) atoms. The molecule has 1 heterocycles. The van der Waals surface area contributed by atoms with Crippen molar-refractivity contribution in [2.24, 2.45) is 0 Å². The van der Waals surface area contributed by atoms with E-state index in [1.807, 2.05) is 24.3 Å². The van der Waals surface area contributed by atoms with Crippen LogP contribution in [0.4, 0.5) is 4.79 Å². The average molecular weight is 373 g/mol. The van der Waals surface area contributed by atoms with Gasteiger partial charge in [-0.3, -0.25) is 14.5 Å². The molecule has 0 unspecified atom stereocenters. The number of methoxy groups -OCH3 is 1. The maximum atomic E-state index is 13.0. The summed E-state index contributed by atoms with van der Waals surface area (Å²) in [7, 11) is 4.96. The lowest BCUT2D eigenvalue weighted by molar-refractivity contribution is -0.140. The number of rotatable bonds is 5. The molecule has 2 fully saturated rings. The summed E-state index contributed by atoms with van der Waals surface area (Å²) in [6, 6.07) is 7.08. The molecule has 3 rings (SSSR count). The Morgan fingerprint density at radius 2 is 1.78 bits per heavy atom. The second kappa shape index (κ2) is 7.58. The van der Waals surface area contributed by atoms with Gasteiger partial charge in [-0.15, -0.1) is 0 Å². The number of imide groups is 1. The van der Waals surface area contributed by atoms with E-state index < -0.39 is 5.54 Å². The van der Waals surface area contributed by atoms with E-state index in [4.69, 9.17) is 4.74 Å². The highest BCUT2D eigenvalue weighted by molar-refractivity contribution is 6.08. The Morgan fingerprint density at radius 3 is 2.37 bits per heavy atom. The van der Waals surface area contributed by atoms with Crippen LogP contribution >= 0.6 is 0 Å². The number of benzene rings is 1. The molecule has 2 aliphatic rings. The number of ether oxygens (including phenoxy) is 1. The SMILES string of the molecule is COc1ccc(CN(C)C(=O)CN2C(=O)N(C)C3(CCCCC3)C2=O)cc1. The monoisotopic (exact) mass is 373 g/mol. The Labute approximate surface area is 159 Å². The lowest BCUT2D eigenvalue weighted by Gasteiger charge is -2.35. The summed E-state index contributed by atoms with van der Waals surface area (Å²) in [5, 5.41) is 0. The number of hydrogen-bond donors (Lipinski definition) is 0. The molecule has 0 N–H and O–H groups in total. The van der Waals surface area contributed by atoms with Crippen LogP contribution in [0.2, 0.25) is 0 Å². The number of urea groups is 1. The average Bonchev–Trinajstić information content (AvgIpc) is 2.85. The van der Waals surface area contributed by atoms with Crippen molar-refractivity contribution in [2.45, 2.75) is 44.2 Å². The third-order valence-corrected chi connectivity index (χ3v) is 5.78. The summed E-state index contributed by atoms with van der Waals surface area (Å²) in [5.41, 5.74) is 0.205. The Hall–Kier alpha value is -2.57. The molecule has 0 atom stereocenters. The first-order chi connectivity index (χ1) is 12.9. The highest BCUT2D eigenvalue weighted by Gasteiger charge is 2.55. The second-order valence-electron chi connectivity index (χ2n) is 7.42. The Bertz CT molecular complexity index is 725. The fourth-order valence-electron chi connectivity index (χ4n) is 4.02. The van der Waals surface area contributed by atoms with Crippen molar-refractivity contribution < 1.29 is 19.1 Å². The highest BCUT2D eigenvalue weighted by atomic mass is 16.5. The van der Waals surface area contributed by atoms with Crippen LogP contribution in [0.15, 0.2) is 24.3 Å². The van der Waals surface area contributed by atoms with Crippen LogP contribution in [-0.4, -0.2) is 65.8 Å². The smallest absolute Gasteiger partial charge is 0.327 e. The van der Waals surface area contributed by atoms with Crippen LogP contribution in [0, 0.1) is 0 Å². The largest absolute Gasteiger partial charge is 0.497 e. The number of hydrogen-bond acceptors (Lipinski definition) is 4. The number of likely N-dealkylation sites (N-methyl/N-ethyl adjacent to an activating group) is 2. The molecule has 1 aliphatic heterocycles.